The Morgan fingerprint density at radius 2 is 2.14 bits per heavy atom. The van der Waals surface area contributed by atoms with E-state index in [1.165, 1.54) is 7.11 Å². The summed E-state index contributed by atoms with van der Waals surface area (Å²) in [6, 6.07) is 7.19. The molecule has 0 heterocycles. The molecule has 0 aliphatic heterocycles. The fourth-order valence-corrected chi connectivity index (χ4v) is 1.22. The van der Waals surface area contributed by atoms with E-state index in [4.69, 9.17) is 21.0 Å². The molecule has 0 fully saturated rings. The predicted molar refractivity (Wildman–Crippen MR) is 51.4 cm³/mol. The molecular formula is C10H9N3O. The number of nitriles is 2. The van der Waals surface area contributed by atoms with Crippen molar-refractivity contribution in [3.05, 3.63) is 23.3 Å². The molecule has 1 aromatic carbocycles. The number of benzene rings is 1. The molecule has 0 spiro atoms. The van der Waals surface area contributed by atoms with Crippen LogP contribution in [0.25, 0.3) is 0 Å². The van der Waals surface area contributed by atoms with Crippen LogP contribution in [0.2, 0.25) is 0 Å². The van der Waals surface area contributed by atoms with Gasteiger partial charge in [0, 0.05) is 5.56 Å². The maximum absolute atomic E-state index is 8.85. The van der Waals surface area contributed by atoms with Gasteiger partial charge in [-0.25, -0.2) is 0 Å². The van der Waals surface area contributed by atoms with Gasteiger partial charge in [0.1, 0.15) is 11.8 Å². The lowest BCUT2D eigenvalue weighted by atomic mass is 10.0. The highest BCUT2D eigenvalue weighted by Gasteiger charge is 2.11. The second-order valence-corrected chi connectivity index (χ2v) is 2.66. The Kier molecular flexibility index (Phi) is 2.93. The topological polar surface area (TPSA) is 82.8 Å². The van der Waals surface area contributed by atoms with E-state index in [9.17, 15) is 0 Å². The van der Waals surface area contributed by atoms with Crippen LogP contribution in [0.3, 0.4) is 0 Å². The van der Waals surface area contributed by atoms with Crippen molar-refractivity contribution in [2.45, 2.75) is 6.42 Å². The SMILES string of the molecule is COc1ccc(N)c(C#N)c1CC#N. The molecule has 4 nitrogen and oxygen atoms in total. The molecule has 4 heteroatoms. The van der Waals surface area contributed by atoms with Crippen molar-refractivity contribution in [2.75, 3.05) is 12.8 Å². The van der Waals surface area contributed by atoms with Gasteiger partial charge in [-0.2, -0.15) is 10.5 Å². The molecule has 0 saturated carbocycles. The average Bonchev–Trinajstić information content (AvgIpc) is 2.19. The molecule has 1 rings (SSSR count). The number of nitrogen functional groups attached to an aromatic ring is 1. The van der Waals surface area contributed by atoms with Crippen LogP contribution in [0.5, 0.6) is 5.75 Å². The van der Waals surface area contributed by atoms with Crippen molar-refractivity contribution >= 4 is 5.69 Å². The summed E-state index contributed by atoms with van der Waals surface area (Å²) in [7, 11) is 1.49. The van der Waals surface area contributed by atoms with Crippen LogP contribution < -0.4 is 10.5 Å². The molecule has 0 amide bonds. The van der Waals surface area contributed by atoms with Crippen LogP contribution in [0.15, 0.2) is 12.1 Å². The van der Waals surface area contributed by atoms with E-state index in [0.29, 0.717) is 22.6 Å². The van der Waals surface area contributed by atoms with Crippen molar-refractivity contribution in [3.8, 4) is 17.9 Å². The molecule has 2 N–H and O–H groups in total. The lowest BCUT2D eigenvalue weighted by molar-refractivity contribution is 0.411. The number of anilines is 1. The standard InChI is InChI=1S/C10H9N3O/c1-14-10-3-2-9(13)8(6-12)7(10)4-5-11/h2-3H,4,13H2,1H3. The minimum atomic E-state index is 0.122. The van der Waals surface area contributed by atoms with E-state index in [2.05, 4.69) is 0 Å². The fourth-order valence-electron chi connectivity index (χ4n) is 1.22. The number of nitrogens with two attached hydrogens (primary N) is 1. The van der Waals surface area contributed by atoms with E-state index < -0.39 is 0 Å². The van der Waals surface area contributed by atoms with Crippen LogP contribution in [0.1, 0.15) is 11.1 Å². The zero-order valence-corrected chi connectivity index (χ0v) is 7.74. The van der Waals surface area contributed by atoms with Gasteiger partial charge in [0.25, 0.3) is 0 Å². The highest BCUT2D eigenvalue weighted by molar-refractivity contribution is 5.62. The monoisotopic (exact) mass is 187 g/mol. The highest BCUT2D eigenvalue weighted by Crippen LogP contribution is 2.26. The first-order valence-corrected chi connectivity index (χ1v) is 3.97. The number of rotatable bonds is 2. The maximum atomic E-state index is 8.85. The van der Waals surface area contributed by atoms with Crippen molar-refractivity contribution < 1.29 is 4.74 Å². The largest absolute Gasteiger partial charge is 0.496 e. The van der Waals surface area contributed by atoms with E-state index >= 15 is 0 Å². The number of hydrogen-bond donors (Lipinski definition) is 1. The smallest absolute Gasteiger partial charge is 0.124 e. The van der Waals surface area contributed by atoms with E-state index in [1.807, 2.05) is 12.1 Å². The van der Waals surface area contributed by atoms with Gasteiger partial charge in [-0.05, 0) is 12.1 Å². The van der Waals surface area contributed by atoms with Crippen LogP contribution in [0, 0.1) is 22.7 Å². The Hall–Kier alpha value is -2.20. The Labute approximate surface area is 82.1 Å². The third kappa shape index (κ3) is 1.60. The Bertz CT molecular complexity index is 426. The van der Waals surface area contributed by atoms with Crippen LogP contribution >= 0.6 is 0 Å². The van der Waals surface area contributed by atoms with E-state index in [0.717, 1.165) is 0 Å². The molecular weight excluding hydrogens is 178 g/mol. The normalized spacial score (nSPS) is 8.79. The van der Waals surface area contributed by atoms with E-state index in [-0.39, 0.29) is 6.42 Å². The third-order valence-electron chi connectivity index (χ3n) is 1.89. The van der Waals surface area contributed by atoms with Gasteiger partial charge >= 0.3 is 0 Å². The van der Waals surface area contributed by atoms with Gasteiger partial charge in [-0.3, -0.25) is 0 Å². The summed E-state index contributed by atoms with van der Waals surface area (Å²) in [5.74, 6) is 0.525. The summed E-state index contributed by atoms with van der Waals surface area (Å²) >= 11 is 0. The summed E-state index contributed by atoms with van der Waals surface area (Å²) in [5.41, 5.74) is 6.85. The Balaban J connectivity index is 3.39. The first-order valence-electron chi connectivity index (χ1n) is 3.97. The van der Waals surface area contributed by atoms with Crippen molar-refractivity contribution in [3.63, 3.8) is 0 Å². The van der Waals surface area contributed by atoms with E-state index in [1.54, 1.807) is 12.1 Å². The molecule has 14 heavy (non-hydrogen) atoms. The quantitative estimate of drug-likeness (QED) is 0.705. The summed E-state index contributed by atoms with van der Waals surface area (Å²) in [6.07, 6.45) is 0.122. The molecule has 70 valence electrons. The zero-order valence-electron chi connectivity index (χ0n) is 7.74. The second kappa shape index (κ2) is 4.15. The summed E-state index contributed by atoms with van der Waals surface area (Å²) < 4.78 is 5.04. The molecule has 0 bridgehead atoms. The number of ether oxygens (including phenoxy) is 1. The van der Waals surface area contributed by atoms with Gasteiger partial charge in [0.2, 0.25) is 0 Å². The summed E-state index contributed by atoms with van der Waals surface area (Å²) in [6.45, 7) is 0. The lowest BCUT2D eigenvalue weighted by Gasteiger charge is -2.08. The number of methoxy groups -OCH3 is 1. The average molecular weight is 187 g/mol. The Morgan fingerprint density at radius 3 is 2.64 bits per heavy atom. The fraction of sp³-hybridized carbons (Fsp3) is 0.200. The molecule has 0 aliphatic carbocycles. The molecule has 0 radical (unpaired) electrons. The van der Waals surface area contributed by atoms with Gasteiger partial charge in [0.15, 0.2) is 0 Å². The number of nitrogens with zero attached hydrogens (tertiary/aromatic N) is 2. The molecule has 0 aliphatic rings. The van der Waals surface area contributed by atoms with Crippen LogP contribution in [0.4, 0.5) is 5.69 Å². The van der Waals surface area contributed by atoms with Crippen LogP contribution in [-0.2, 0) is 6.42 Å². The molecule has 0 aromatic heterocycles. The summed E-state index contributed by atoms with van der Waals surface area (Å²) in [4.78, 5) is 0. The zero-order chi connectivity index (χ0) is 10.6. The highest BCUT2D eigenvalue weighted by atomic mass is 16.5. The minimum Gasteiger partial charge on any atom is -0.496 e. The van der Waals surface area contributed by atoms with Gasteiger partial charge in [-0.1, -0.05) is 0 Å². The molecule has 0 unspecified atom stereocenters. The Morgan fingerprint density at radius 1 is 1.43 bits per heavy atom. The lowest BCUT2D eigenvalue weighted by Crippen LogP contribution is -1.99. The first kappa shape index (κ1) is 9.88. The minimum absolute atomic E-state index is 0.122. The second-order valence-electron chi connectivity index (χ2n) is 2.66. The molecule has 0 atom stereocenters. The molecule has 1 aromatic rings. The van der Waals surface area contributed by atoms with Gasteiger partial charge < -0.3 is 10.5 Å². The first-order chi connectivity index (χ1) is 6.74. The van der Waals surface area contributed by atoms with Crippen molar-refractivity contribution in [1.82, 2.24) is 0 Å². The molecule has 0 saturated heterocycles. The third-order valence-corrected chi connectivity index (χ3v) is 1.89. The summed E-state index contributed by atoms with van der Waals surface area (Å²) in [5, 5.41) is 17.4. The number of hydrogen-bond acceptors (Lipinski definition) is 4. The predicted octanol–water partition coefficient (Wildman–Crippen LogP) is 1.22. The van der Waals surface area contributed by atoms with Gasteiger partial charge in [0.05, 0.1) is 30.9 Å². The van der Waals surface area contributed by atoms with Crippen LogP contribution in [-0.4, -0.2) is 7.11 Å². The van der Waals surface area contributed by atoms with Gasteiger partial charge in [-0.15, -0.1) is 0 Å². The maximum Gasteiger partial charge on any atom is 0.124 e. The van der Waals surface area contributed by atoms with Crippen molar-refractivity contribution in [1.29, 1.82) is 10.5 Å². The van der Waals surface area contributed by atoms with Crippen molar-refractivity contribution in [2.24, 2.45) is 0 Å².